The van der Waals surface area contributed by atoms with Crippen LogP contribution in [0, 0.1) is 28.3 Å². The van der Waals surface area contributed by atoms with Gasteiger partial charge in [0.25, 0.3) is 0 Å². The van der Waals surface area contributed by atoms with Gasteiger partial charge in [-0.3, -0.25) is 9.59 Å². The van der Waals surface area contributed by atoms with Crippen LogP contribution in [0.2, 0.25) is 5.02 Å². The third kappa shape index (κ3) is 11.2. The maximum absolute atomic E-state index is 14.6. The van der Waals surface area contributed by atoms with Crippen LogP contribution in [0.15, 0.2) is 36.4 Å². The van der Waals surface area contributed by atoms with Crippen LogP contribution < -0.4 is 21.3 Å². The number of amides is 4. The Labute approximate surface area is 361 Å². The van der Waals surface area contributed by atoms with Gasteiger partial charge in [-0.1, -0.05) is 53.1 Å². The summed E-state index contributed by atoms with van der Waals surface area (Å²) in [7, 11) is 0. The van der Waals surface area contributed by atoms with Gasteiger partial charge in [-0.25, -0.2) is 22.8 Å². The van der Waals surface area contributed by atoms with Crippen molar-refractivity contribution >= 4 is 35.5 Å². The number of aliphatic hydroxyl groups excluding tert-OH is 2. The Morgan fingerprint density at radius 3 is 1.79 bits per heavy atom. The van der Waals surface area contributed by atoms with Crippen molar-refractivity contribution in [3.8, 4) is 22.5 Å². The number of ether oxygens (including phenoxy) is 2. The summed E-state index contributed by atoms with van der Waals surface area (Å²) in [6, 6.07) is 4.22. The molecule has 4 heterocycles. The van der Waals surface area contributed by atoms with Crippen molar-refractivity contribution in [1.29, 1.82) is 0 Å². The lowest BCUT2D eigenvalue weighted by atomic mass is 9.86. The Hall–Kier alpha value is -5.34. The van der Waals surface area contributed by atoms with E-state index in [2.05, 4.69) is 31.5 Å². The number of aromatic nitrogens is 4. The van der Waals surface area contributed by atoms with E-state index in [4.69, 9.17) is 31.3 Å². The van der Waals surface area contributed by atoms with Gasteiger partial charge < -0.3 is 41.0 Å². The second kappa shape index (κ2) is 20.2. The monoisotopic (exact) mass is 888 g/mol. The minimum Gasteiger partial charge on any atom is -0.395 e. The fourth-order valence-corrected chi connectivity index (χ4v) is 7.05. The minimum atomic E-state index is -0.916. The first kappa shape index (κ1) is 47.7. The van der Waals surface area contributed by atoms with Crippen LogP contribution in [-0.2, 0) is 45.1 Å². The van der Waals surface area contributed by atoms with Gasteiger partial charge >= 0.3 is 12.1 Å². The first-order valence-electron chi connectivity index (χ1n) is 19.9. The third-order valence-corrected chi connectivity index (χ3v) is 10.2. The summed E-state index contributed by atoms with van der Waals surface area (Å²) >= 11 is 5.87. The average molecular weight is 889 g/mol. The lowest BCUT2D eigenvalue weighted by molar-refractivity contribution is -0.126. The summed E-state index contributed by atoms with van der Waals surface area (Å²) in [6.45, 7) is 11.5. The lowest BCUT2D eigenvalue weighted by Crippen LogP contribution is -2.55. The largest absolute Gasteiger partial charge is 0.395 e. The topological polar surface area (TPSA) is 211 Å². The van der Waals surface area contributed by atoms with Gasteiger partial charge in [0.05, 0.1) is 56.7 Å². The number of fused-ring (bicyclic) bond motifs is 2. The van der Waals surface area contributed by atoms with E-state index in [1.165, 1.54) is 12.1 Å². The summed E-state index contributed by atoms with van der Waals surface area (Å²) in [4.78, 5) is 51.3. The SMILES string of the molecule is CC(C)(C)[C@H](NC(=O)n1nc(-c2cc(F)ccc2F)c2c1CCOC2)C(=O)NCCO.CC(C)(C)[C@H](NC(=O)n1nc(-c2ccc(Cl)cc2F)c2c1COCC2)C(=O)NCCO. The number of halogens is 4. The van der Waals surface area contributed by atoms with Crippen LogP contribution in [0.4, 0.5) is 22.8 Å². The van der Waals surface area contributed by atoms with Gasteiger partial charge in [0.2, 0.25) is 11.8 Å². The summed E-state index contributed by atoms with van der Waals surface area (Å²) in [5, 5.41) is 37.4. The Balaban J connectivity index is 0.000000234. The van der Waals surface area contributed by atoms with Gasteiger partial charge in [-0.2, -0.15) is 19.6 Å². The number of rotatable bonds is 10. The van der Waals surface area contributed by atoms with E-state index < -0.39 is 64.2 Å². The Morgan fingerprint density at radius 1 is 0.710 bits per heavy atom. The molecule has 0 saturated carbocycles. The predicted molar refractivity (Wildman–Crippen MR) is 221 cm³/mol. The van der Waals surface area contributed by atoms with Crippen molar-refractivity contribution in [3.63, 3.8) is 0 Å². The molecule has 0 bridgehead atoms. The maximum Gasteiger partial charge on any atom is 0.343 e. The maximum atomic E-state index is 14.6. The van der Waals surface area contributed by atoms with E-state index in [0.29, 0.717) is 48.7 Å². The van der Waals surface area contributed by atoms with Crippen molar-refractivity contribution in [2.75, 3.05) is 39.5 Å². The van der Waals surface area contributed by atoms with Gasteiger partial charge in [-0.05, 0) is 53.6 Å². The first-order valence-corrected chi connectivity index (χ1v) is 20.3. The highest BCUT2D eigenvalue weighted by molar-refractivity contribution is 6.30. The first-order chi connectivity index (χ1) is 29.3. The van der Waals surface area contributed by atoms with Crippen LogP contribution >= 0.6 is 11.6 Å². The van der Waals surface area contributed by atoms with E-state index >= 15 is 0 Å². The quantitative estimate of drug-likeness (QED) is 0.132. The second-order valence-electron chi connectivity index (χ2n) is 16.8. The van der Waals surface area contributed by atoms with E-state index in [1.807, 2.05) is 20.8 Å². The summed E-state index contributed by atoms with van der Waals surface area (Å²) < 4.78 is 55.9. The standard InChI is InChI=1S/C21H26ClFN4O4.C21H26F2N4O4/c1-21(2,3)18(19(29)24-7-8-28)25-20(30)27-16-11-31-9-6-14(16)17(26-27)13-5-4-12(22)10-15(13)23;1-21(2,3)18(19(29)24-7-8-28)25-20(30)27-16-6-9-31-11-14(16)17(26-27)13-10-12(22)4-5-15(13)23/h2*4-5,10,18,28H,6-9,11H2,1-3H3,(H,24,29)(H,25,30)/t2*18-/m11/s1. The molecule has 0 fully saturated rings. The molecule has 2 aromatic heterocycles. The van der Waals surface area contributed by atoms with Crippen LogP contribution in [0.25, 0.3) is 22.5 Å². The molecule has 2 aliphatic rings. The van der Waals surface area contributed by atoms with Gasteiger partial charge in [0, 0.05) is 46.8 Å². The lowest BCUT2D eigenvalue weighted by Gasteiger charge is -2.30. The number of benzene rings is 2. The van der Waals surface area contributed by atoms with Crippen molar-refractivity contribution in [2.45, 2.75) is 79.7 Å². The fourth-order valence-electron chi connectivity index (χ4n) is 6.89. The van der Waals surface area contributed by atoms with Crippen molar-refractivity contribution in [2.24, 2.45) is 10.8 Å². The molecule has 2 atom stereocenters. The zero-order chi connectivity index (χ0) is 45.5. The fraction of sp³-hybridized carbons (Fsp3) is 0.476. The van der Waals surface area contributed by atoms with Gasteiger partial charge in [0.15, 0.2) is 0 Å². The molecule has 2 aliphatic heterocycles. The van der Waals surface area contributed by atoms with Crippen molar-refractivity contribution in [3.05, 3.63) is 81.4 Å². The second-order valence-corrected chi connectivity index (χ2v) is 17.2. The number of nitrogens with one attached hydrogen (secondary N) is 4. The number of aliphatic hydroxyl groups is 2. The molecule has 2 aromatic carbocycles. The van der Waals surface area contributed by atoms with Crippen LogP contribution in [0.3, 0.4) is 0 Å². The molecule has 16 nitrogen and oxygen atoms in total. The van der Waals surface area contributed by atoms with Gasteiger partial charge in [-0.15, -0.1) is 0 Å². The number of nitrogens with zero attached hydrogens (tertiary/aromatic N) is 4. The van der Waals surface area contributed by atoms with E-state index in [1.54, 1.807) is 26.8 Å². The summed E-state index contributed by atoms with van der Waals surface area (Å²) in [5.74, 6) is -2.71. The molecule has 336 valence electrons. The molecule has 6 rings (SSSR count). The van der Waals surface area contributed by atoms with Gasteiger partial charge in [0.1, 0.15) is 35.2 Å². The summed E-state index contributed by atoms with van der Waals surface area (Å²) in [6.07, 6.45) is 0.823. The van der Waals surface area contributed by atoms with Crippen LogP contribution in [0.1, 0.15) is 64.1 Å². The molecular formula is C42H52ClF3N8O8. The molecule has 0 aliphatic carbocycles. The summed E-state index contributed by atoms with van der Waals surface area (Å²) in [5.41, 5.74) is 1.65. The molecule has 4 amide bonds. The Kier molecular flexibility index (Phi) is 15.6. The van der Waals surface area contributed by atoms with Crippen molar-refractivity contribution in [1.82, 2.24) is 40.8 Å². The molecule has 20 heteroatoms. The molecule has 62 heavy (non-hydrogen) atoms. The van der Waals surface area contributed by atoms with Crippen molar-refractivity contribution < 1.29 is 52.0 Å². The number of carbonyl (C=O) groups excluding carboxylic acids is 4. The molecule has 0 radical (unpaired) electrons. The van der Waals surface area contributed by atoms with Crippen LogP contribution in [0.5, 0.6) is 0 Å². The third-order valence-electron chi connectivity index (χ3n) is 10.0. The molecule has 0 unspecified atom stereocenters. The highest BCUT2D eigenvalue weighted by Crippen LogP contribution is 2.33. The highest BCUT2D eigenvalue weighted by atomic mass is 35.5. The zero-order valence-electron chi connectivity index (χ0n) is 35.3. The number of carbonyl (C=O) groups is 4. The average Bonchev–Trinajstić information content (AvgIpc) is 3.80. The molecule has 0 saturated heterocycles. The van der Waals surface area contributed by atoms with E-state index in [-0.39, 0.29) is 61.4 Å². The molecule has 6 N–H and O–H groups in total. The van der Waals surface area contributed by atoms with E-state index in [0.717, 1.165) is 33.1 Å². The molecule has 4 aromatic rings. The minimum absolute atomic E-state index is 0.0544. The predicted octanol–water partition coefficient (Wildman–Crippen LogP) is 4.48. The Morgan fingerprint density at radius 2 is 1.24 bits per heavy atom. The normalized spacial score (nSPS) is 14.6. The zero-order valence-corrected chi connectivity index (χ0v) is 36.1. The number of hydrogen-bond donors (Lipinski definition) is 6. The highest BCUT2D eigenvalue weighted by Gasteiger charge is 2.36. The Bertz CT molecular complexity index is 2290. The van der Waals surface area contributed by atoms with E-state index in [9.17, 15) is 32.3 Å². The smallest absolute Gasteiger partial charge is 0.343 e. The van der Waals surface area contributed by atoms with Crippen LogP contribution in [-0.4, -0.2) is 105 Å². The molecule has 0 spiro atoms. The molecular weight excluding hydrogens is 837 g/mol. The number of hydrogen-bond acceptors (Lipinski definition) is 10.